The van der Waals surface area contributed by atoms with Gasteiger partial charge in [-0.2, -0.15) is 0 Å². The molecule has 0 amide bonds. The van der Waals surface area contributed by atoms with Crippen molar-refractivity contribution < 1.29 is 5.11 Å². The topological polar surface area (TPSA) is 58.0 Å². The van der Waals surface area contributed by atoms with Crippen LogP contribution in [0.1, 0.15) is 5.69 Å². The van der Waals surface area contributed by atoms with E-state index in [1.54, 1.807) is 12.4 Å². The van der Waals surface area contributed by atoms with Gasteiger partial charge in [-0.1, -0.05) is 12.2 Å². The Balaban J connectivity index is 2.69. The van der Waals surface area contributed by atoms with Crippen LogP contribution in [0.15, 0.2) is 18.6 Å². The summed E-state index contributed by atoms with van der Waals surface area (Å²) in [6.07, 6.45) is 4.64. The molecule has 1 aromatic heterocycles. The van der Waals surface area contributed by atoms with Crippen LogP contribution in [-0.2, 0) is 0 Å². The van der Waals surface area contributed by atoms with Gasteiger partial charge >= 0.3 is 0 Å². The number of rotatable bonds is 2. The van der Waals surface area contributed by atoms with Gasteiger partial charge in [-0.15, -0.1) is 0 Å². The molecule has 1 heterocycles. The van der Waals surface area contributed by atoms with Crippen molar-refractivity contribution in [2.75, 3.05) is 6.73 Å². The largest absolute Gasteiger partial charge is 0.377 e. The highest BCUT2D eigenvalue weighted by molar-refractivity contribution is 7.80. The van der Waals surface area contributed by atoms with Crippen molar-refractivity contribution in [1.82, 2.24) is 15.3 Å². The Bertz CT molecular complexity index is 239. The van der Waals surface area contributed by atoms with Gasteiger partial charge in [0.15, 0.2) is 0 Å². The lowest BCUT2D eigenvalue weighted by Gasteiger charge is -2.01. The molecule has 2 N–H and O–H groups in total. The van der Waals surface area contributed by atoms with Crippen molar-refractivity contribution in [3.8, 4) is 0 Å². The molecule has 0 bridgehead atoms. The minimum Gasteiger partial charge on any atom is -0.377 e. The summed E-state index contributed by atoms with van der Waals surface area (Å²) in [5.74, 6) is 0. The van der Waals surface area contributed by atoms with Gasteiger partial charge in [0, 0.05) is 12.4 Å². The molecule has 0 radical (unpaired) electrons. The van der Waals surface area contributed by atoms with Crippen molar-refractivity contribution >= 4 is 17.2 Å². The molecule has 58 valence electrons. The Labute approximate surface area is 69.3 Å². The van der Waals surface area contributed by atoms with Gasteiger partial charge in [0.2, 0.25) is 0 Å². The molecule has 0 aliphatic heterocycles. The zero-order valence-corrected chi connectivity index (χ0v) is 6.51. The zero-order valence-electron chi connectivity index (χ0n) is 5.69. The lowest BCUT2D eigenvalue weighted by atomic mass is 10.4. The SMILES string of the molecule is OCNC(=S)c1cnccn1. The summed E-state index contributed by atoms with van der Waals surface area (Å²) in [6.45, 7) is -0.185. The number of hydrogen-bond acceptors (Lipinski definition) is 4. The number of aliphatic hydroxyl groups is 1. The van der Waals surface area contributed by atoms with Crippen LogP contribution in [0.5, 0.6) is 0 Å². The number of thiocarbonyl (C=S) groups is 1. The standard InChI is InChI=1S/C6H7N3OS/c10-4-9-6(11)5-3-7-1-2-8-5/h1-3,10H,4H2,(H,9,11). The van der Waals surface area contributed by atoms with Crippen molar-refractivity contribution in [3.63, 3.8) is 0 Å². The average Bonchev–Trinajstić information content (AvgIpc) is 2.07. The molecule has 5 heteroatoms. The Morgan fingerprint density at radius 2 is 2.45 bits per heavy atom. The fourth-order valence-electron chi connectivity index (χ4n) is 0.579. The Morgan fingerprint density at radius 3 is 3.00 bits per heavy atom. The molecule has 0 saturated heterocycles. The summed E-state index contributed by atoms with van der Waals surface area (Å²) in [6, 6.07) is 0. The number of nitrogens with one attached hydrogen (secondary N) is 1. The molecule has 0 spiro atoms. The van der Waals surface area contributed by atoms with Crippen LogP contribution in [0.4, 0.5) is 0 Å². The van der Waals surface area contributed by atoms with E-state index in [1.165, 1.54) is 6.20 Å². The second kappa shape index (κ2) is 3.95. The van der Waals surface area contributed by atoms with Gasteiger partial charge in [-0.05, 0) is 0 Å². The molecule has 4 nitrogen and oxygen atoms in total. The first-order chi connectivity index (χ1) is 5.34. The highest BCUT2D eigenvalue weighted by Crippen LogP contribution is 1.90. The molecule has 0 aliphatic carbocycles. The third-order valence-electron chi connectivity index (χ3n) is 1.04. The highest BCUT2D eigenvalue weighted by atomic mass is 32.1. The van der Waals surface area contributed by atoms with Crippen LogP contribution in [0.25, 0.3) is 0 Å². The van der Waals surface area contributed by atoms with Gasteiger partial charge in [-0.25, -0.2) is 0 Å². The van der Waals surface area contributed by atoms with Crippen molar-refractivity contribution in [2.24, 2.45) is 0 Å². The van der Waals surface area contributed by atoms with Crippen LogP contribution < -0.4 is 5.32 Å². The first-order valence-corrected chi connectivity index (χ1v) is 3.40. The Morgan fingerprint density at radius 1 is 1.64 bits per heavy atom. The molecule has 1 rings (SSSR count). The number of nitrogens with zero attached hydrogens (tertiary/aromatic N) is 2. The molecule has 0 atom stereocenters. The van der Waals surface area contributed by atoms with E-state index in [-0.39, 0.29) is 6.73 Å². The van der Waals surface area contributed by atoms with Crippen LogP contribution in [0.2, 0.25) is 0 Å². The maximum atomic E-state index is 8.45. The van der Waals surface area contributed by atoms with E-state index in [0.717, 1.165) is 0 Å². The Kier molecular flexibility index (Phi) is 2.88. The van der Waals surface area contributed by atoms with Crippen molar-refractivity contribution in [3.05, 3.63) is 24.3 Å². The van der Waals surface area contributed by atoms with Crippen LogP contribution in [0, 0.1) is 0 Å². The lowest BCUT2D eigenvalue weighted by molar-refractivity contribution is 0.287. The number of hydrogen-bond donors (Lipinski definition) is 2. The first-order valence-electron chi connectivity index (χ1n) is 2.99. The van der Waals surface area contributed by atoms with Crippen molar-refractivity contribution in [2.45, 2.75) is 0 Å². The average molecular weight is 169 g/mol. The minimum atomic E-state index is -0.185. The fourth-order valence-corrected chi connectivity index (χ4v) is 0.749. The summed E-state index contributed by atoms with van der Waals surface area (Å²) in [4.78, 5) is 8.14. The number of aromatic nitrogens is 2. The molecule has 1 aromatic rings. The van der Waals surface area contributed by atoms with E-state index < -0.39 is 0 Å². The summed E-state index contributed by atoms with van der Waals surface area (Å²) >= 11 is 4.85. The van der Waals surface area contributed by atoms with Gasteiger partial charge in [0.1, 0.15) is 17.4 Å². The molecular weight excluding hydrogens is 162 g/mol. The van der Waals surface area contributed by atoms with E-state index in [1.807, 2.05) is 0 Å². The third-order valence-corrected chi connectivity index (χ3v) is 1.39. The molecule has 0 unspecified atom stereocenters. The van der Waals surface area contributed by atoms with Crippen LogP contribution in [0.3, 0.4) is 0 Å². The molecule has 11 heavy (non-hydrogen) atoms. The lowest BCUT2D eigenvalue weighted by Crippen LogP contribution is -2.23. The molecule has 0 aromatic carbocycles. The Hall–Kier alpha value is -1.07. The molecular formula is C6H7N3OS. The normalized spacial score (nSPS) is 9.18. The molecule has 0 saturated carbocycles. The smallest absolute Gasteiger partial charge is 0.128 e. The van der Waals surface area contributed by atoms with E-state index in [4.69, 9.17) is 17.3 Å². The predicted molar refractivity (Wildman–Crippen MR) is 44.0 cm³/mol. The fraction of sp³-hybridized carbons (Fsp3) is 0.167. The monoisotopic (exact) mass is 169 g/mol. The summed E-state index contributed by atoms with van der Waals surface area (Å²) in [5, 5.41) is 11.0. The third kappa shape index (κ3) is 2.21. The second-order valence-corrected chi connectivity index (χ2v) is 2.16. The molecule has 0 aliphatic rings. The van der Waals surface area contributed by atoms with Gasteiger partial charge in [0.05, 0.1) is 6.20 Å². The van der Waals surface area contributed by atoms with E-state index in [9.17, 15) is 0 Å². The minimum absolute atomic E-state index is 0.185. The quantitative estimate of drug-likeness (QED) is 0.470. The second-order valence-electron chi connectivity index (χ2n) is 1.75. The van der Waals surface area contributed by atoms with Crippen LogP contribution in [-0.4, -0.2) is 26.8 Å². The first kappa shape index (κ1) is 8.03. The van der Waals surface area contributed by atoms with Crippen molar-refractivity contribution in [1.29, 1.82) is 0 Å². The maximum absolute atomic E-state index is 8.45. The maximum Gasteiger partial charge on any atom is 0.128 e. The number of aliphatic hydroxyl groups excluding tert-OH is 1. The van der Waals surface area contributed by atoms with Gasteiger partial charge < -0.3 is 10.4 Å². The van der Waals surface area contributed by atoms with E-state index >= 15 is 0 Å². The summed E-state index contributed by atoms with van der Waals surface area (Å²) in [7, 11) is 0. The predicted octanol–water partition coefficient (Wildman–Crippen LogP) is -0.308. The zero-order chi connectivity index (χ0) is 8.10. The molecule has 0 fully saturated rings. The summed E-state index contributed by atoms with van der Waals surface area (Å²) in [5.41, 5.74) is 0.566. The summed E-state index contributed by atoms with van der Waals surface area (Å²) < 4.78 is 0. The van der Waals surface area contributed by atoms with E-state index in [2.05, 4.69) is 15.3 Å². The van der Waals surface area contributed by atoms with Gasteiger partial charge in [-0.3, -0.25) is 9.97 Å². The van der Waals surface area contributed by atoms with Gasteiger partial charge in [0.25, 0.3) is 0 Å². The van der Waals surface area contributed by atoms with Crippen LogP contribution >= 0.6 is 12.2 Å². The highest BCUT2D eigenvalue weighted by Gasteiger charge is 1.98. The van der Waals surface area contributed by atoms with E-state index in [0.29, 0.717) is 10.7 Å².